The number of benzene rings is 1. The van der Waals surface area contributed by atoms with Gasteiger partial charge in [-0.05, 0) is 61.4 Å². The van der Waals surface area contributed by atoms with Crippen molar-refractivity contribution < 1.29 is 22.0 Å². The van der Waals surface area contributed by atoms with Gasteiger partial charge in [0.25, 0.3) is 0 Å². The largest absolute Gasteiger partial charge is 0.341 e. The molecule has 0 radical (unpaired) electrons. The van der Waals surface area contributed by atoms with E-state index in [9.17, 15) is 22.0 Å². The summed E-state index contributed by atoms with van der Waals surface area (Å²) in [5, 5.41) is 0. The van der Waals surface area contributed by atoms with E-state index in [4.69, 9.17) is 0 Å². The molecule has 0 unspecified atom stereocenters. The Morgan fingerprint density at radius 3 is 2.65 bits per heavy atom. The highest BCUT2D eigenvalue weighted by molar-refractivity contribution is 7.88. The van der Waals surface area contributed by atoms with Crippen LogP contribution in [0, 0.1) is 24.5 Å². The molecule has 6 nitrogen and oxygen atoms in total. The molecule has 1 saturated carbocycles. The number of likely N-dealkylation sites (tertiary alicyclic amines) is 1. The lowest BCUT2D eigenvalue weighted by molar-refractivity contribution is -0.133. The zero-order chi connectivity index (χ0) is 22.3. The molecule has 166 valence electrons. The molecule has 0 bridgehead atoms. The molecule has 4 rings (SSSR count). The molecule has 1 aromatic carbocycles. The van der Waals surface area contributed by atoms with Crippen molar-refractivity contribution in [2.45, 2.75) is 38.1 Å². The van der Waals surface area contributed by atoms with Crippen LogP contribution in [0.15, 0.2) is 30.5 Å². The van der Waals surface area contributed by atoms with Crippen LogP contribution < -0.4 is 4.72 Å². The Morgan fingerprint density at radius 1 is 1.26 bits per heavy atom. The molecule has 0 spiro atoms. The number of sulfonamides is 1. The van der Waals surface area contributed by atoms with Gasteiger partial charge in [0.1, 0.15) is 11.6 Å². The van der Waals surface area contributed by atoms with Crippen LogP contribution in [0.5, 0.6) is 0 Å². The lowest BCUT2D eigenvalue weighted by atomic mass is 9.96. The lowest BCUT2D eigenvalue weighted by Crippen LogP contribution is -2.49. The molecule has 2 fully saturated rings. The van der Waals surface area contributed by atoms with Gasteiger partial charge >= 0.3 is 0 Å². The first-order valence-electron chi connectivity index (χ1n) is 10.3. The van der Waals surface area contributed by atoms with Gasteiger partial charge in [-0.3, -0.25) is 9.78 Å². The molecule has 1 aliphatic heterocycles. The first kappa shape index (κ1) is 21.8. The highest BCUT2D eigenvalue weighted by atomic mass is 32.2. The second kappa shape index (κ2) is 8.27. The third kappa shape index (κ3) is 4.77. The summed E-state index contributed by atoms with van der Waals surface area (Å²) in [6, 6.07) is 5.12. The molecule has 2 heterocycles. The highest BCUT2D eigenvalue weighted by Gasteiger charge is 2.47. The zero-order valence-corrected chi connectivity index (χ0v) is 18.3. The monoisotopic (exact) mass is 449 g/mol. The molecule has 1 aliphatic carbocycles. The minimum absolute atomic E-state index is 0.0504. The molecule has 3 atom stereocenters. The Hall–Kier alpha value is -2.39. The van der Waals surface area contributed by atoms with Crippen molar-refractivity contribution in [2.24, 2.45) is 5.92 Å². The van der Waals surface area contributed by atoms with Gasteiger partial charge in [-0.2, -0.15) is 0 Å². The fourth-order valence-corrected chi connectivity index (χ4v) is 5.26. The summed E-state index contributed by atoms with van der Waals surface area (Å²) >= 11 is 0. The van der Waals surface area contributed by atoms with Gasteiger partial charge in [0.15, 0.2) is 0 Å². The van der Waals surface area contributed by atoms with Crippen LogP contribution in [0.1, 0.15) is 36.4 Å². The number of piperidine rings is 1. The van der Waals surface area contributed by atoms with E-state index in [1.807, 2.05) is 0 Å². The molecule has 31 heavy (non-hydrogen) atoms. The predicted octanol–water partition coefficient (Wildman–Crippen LogP) is 2.98. The molecule has 1 N–H and O–H groups in total. The lowest BCUT2D eigenvalue weighted by Gasteiger charge is -2.33. The van der Waals surface area contributed by atoms with E-state index in [2.05, 4.69) is 9.71 Å². The topological polar surface area (TPSA) is 79.4 Å². The van der Waals surface area contributed by atoms with Crippen molar-refractivity contribution in [3.8, 4) is 11.1 Å². The summed E-state index contributed by atoms with van der Waals surface area (Å²) in [5.74, 6) is -1.82. The quantitative estimate of drug-likeness (QED) is 0.761. The number of carbonyl (C=O) groups excluding carboxylic acids is 1. The van der Waals surface area contributed by atoms with Crippen LogP contribution in [0.25, 0.3) is 11.1 Å². The van der Waals surface area contributed by atoms with Gasteiger partial charge in [-0.25, -0.2) is 21.9 Å². The third-order valence-electron chi connectivity index (χ3n) is 5.92. The predicted molar refractivity (Wildman–Crippen MR) is 113 cm³/mol. The SMILES string of the molecule is Cc1cc(-c2c(F)cccc2F)c([C@@H]2C[C@H]2C(=O)N2CCC[C@H](NS(C)(=O)=O)C2)cn1. The zero-order valence-electron chi connectivity index (χ0n) is 17.4. The van der Waals surface area contributed by atoms with Gasteiger partial charge in [-0.1, -0.05) is 6.07 Å². The Balaban J connectivity index is 1.55. The van der Waals surface area contributed by atoms with Crippen molar-refractivity contribution in [1.82, 2.24) is 14.6 Å². The molecule has 2 aliphatic rings. The average molecular weight is 450 g/mol. The summed E-state index contributed by atoms with van der Waals surface area (Å²) in [6.45, 7) is 2.66. The fraction of sp³-hybridized carbons (Fsp3) is 0.455. The average Bonchev–Trinajstić information content (AvgIpc) is 3.47. The molecule has 1 saturated heterocycles. The molecule has 1 amide bonds. The number of nitrogens with zero attached hydrogens (tertiary/aromatic N) is 2. The smallest absolute Gasteiger partial charge is 0.226 e. The van der Waals surface area contributed by atoms with E-state index in [1.54, 1.807) is 24.1 Å². The van der Waals surface area contributed by atoms with Crippen LogP contribution >= 0.6 is 0 Å². The van der Waals surface area contributed by atoms with Gasteiger partial charge in [0.2, 0.25) is 15.9 Å². The highest BCUT2D eigenvalue weighted by Crippen LogP contribution is 2.51. The Labute approximate surface area is 180 Å². The standard InChI is InChI=1S/C22H25F2N3O3S/c1-13-9-16(21-19(23)6-3-7-20(21)24)18(11-25-13)15-10-17(15)22(28)27-8-4-5-14(12-27)26-31(2,29)30/h3,6-7,9,11,14-15,17,26H,4-5,8,10,12H2,1-2H3/t14-,15+,17+/m0/s1. The number of nitrogens with one attached hydrogen (secondary N) is 1. The Morgan fingerprint density at radius 2 is 1.97 bits per heavy atom. The third-order valence-corrected chi connectivity index (χ3v) is 6.69. The summed E-state index contributed by atoms with van der Waals surface area (Å²) in [5.41, 5.74) is 1.63. The van der Waals surface area contributed by atoms with Gasteiger partial charge in [0, 0.05) is 36.9 Å². The number of aromatic nitrogens is 1. The van der Waals surface area contributed by atoms with Crippen LogP contribution in [-0.2, 0) is 14.8 Å². The number of aryl methyl sites for hydroxylation is 1. The van der Waals surface area contributed by atoms with E-state index >= 15 is 0 Å². The van der Waals surface area contributed by atoms with E-state index in [0.29, 0.717) is 49.2 Å². The maximum Gasteiger partial charge on any atom is 0.226 e. The van der Waals surface area contributed by atoms with Crippen molar-refractivity contribution in [3.63, 3.8) is 0 Å². The van der Waals surface area contributed by atoms with Crippen molar-refractivity contribution >= 4 is 15.9 Å². The van der Waals surface area contributed by atoms with Crippen LogP contribution in [0.3, 0.4) is 0 Å². The minimum Gasteiger partial charge on any atom is -0.341 e. The second-order valence-corrected chi connectivity index (χ2v) is 10.3. The van der Waals surface area contributed by atoms with E-state index in [1.165, 1.54) is 18.2 Å². The van der Waals surface area contributed by atoms with Crippen LogP contribution in [-0.4, -0.2) is 49.6 Å². The molecule has 2 aromatic rings. The number of rotatable bonds is 5. The summed E-state index contributed by atoms with van der Waals surface area (Å²) in [4.78, 5) is 19.1. The molecule has 9 heteroatoms. The van der Waals surface area contributed by atoms with Gasteiger partial charge in [0.05, 0.1) is 11.8 Å². The van der Waals surface area contributed by atoms with Crippen LogP contribution in [0.4, 0.5) is 8.78 Å². The fourth-order valence-electron chi connectivity index (χ4n) is 4.46. The Bertz CT molecular complexity index is 1100. The molecular weight excluding hydrogens is 424 g/mol. The number of carbonyl (C=O) groups is 1. The maximum absolute atomic E-state index is 14.5. The maximum atomic E-state index is 14.5. The minimum atomic E-state index is -3.35. The first-order valence-corrected chi connectivity index (χ1v) is 12.2. The van der Waals surface area contributed by atoms with Crippen molar-refractivity contribution in [2.75, 3.05) is 19.3 Å². The summed E-state index contributed by atoms with van der Waals surface area (Å²) < 4.78 is 54.6. The van der Waals surface area contributed by atoms with Crippen molar-refractivity contribution in [3.05, 3.63) is 53.4 Å². The number of amides is 1. The molecule has 1 aromatic heterocycles. The van der Waals surface area contributed by atoms with Crippen LogP contribution in [0.2, 0.25) is 0 Å². The normalized spacial score (nSPS) is 23.6. The van der Waals surface area contributed by atoms with E-state index in [-0.39, 0.29) is 29.3 Å². The first-order chi connectivity index (χ1) is 14.6. The van der Waals surface area contributed by atoms with E-state index < -0.39 is 21.7 Å². The van der Waals surface area contributed by atoms with Gasteiger partial charge in [-0.15, -0.1) is 0 Å². The van der Waals surface area contributed by atoms with Gasteiger partial charge < -0.3 is 4.90 Å². The summed E-state index contributed by atoms with van der Waals surface area (Å²) in [7, 11) is -3.35. The number of pyridine rings is 1. The van der Waals surface area contributed by atoms with E-state index in [0.717, 1.165) is 6.26 Å². The molecular formula is C22H25F2N3O3S. The Kier molecular flexibility index (Phi) is 5.83. The second-order valence-electron chi connectivity index (χ2n) is 8.47. The number of hydrogen-bond acceptors (Lipinski definition) is 4. The summed E-state index contributed by atoms with van der Waals surface area (Å²) in [6.07, 6.45) is 4.70. The number of hydrogen-bond donors (Lipinski definition) is 1. The van der Waals surface area contributed by atoms with Crippen molar-refractivity contribution in [1.29, 1.82) is 0 Å². The number of halogens is 2.